The Bertz CT molecular complexity index is 399. The first-order valence-corrected chi connectivity index (χ1v) is 6.13. The van der Waals surface area contributed by atoms with Crippen molar-refractivity contribution in [3.63, 3.8) is 0 Å². The van der Waals surface area contributed by atoms with Crippen LogP contribution in [0.1, 0.15) is 36.2 Å². The zero-order chi connectivity index (χ0) is 13.0. The van der Waals surface area contributed by atoms with Crippen molar-refractivity contribution in [3.8, 4) is 0 Å². The van der Waals surface area contributed by atoms with E-state index in [1.807, 2.05) is 24.3 Å². The molecule has 0 aromatic heterocycles. The first-order chi connectivity index (χ1) is 8.66. The van der Waals surface area contributed by atoms with Crippen molar-refractivity contribution in [1.29, 1.82) is 0 Å². The number of aliphatic hydroxyl groups excluding tert-OH is 1. The number of aliphatic hydroxyl groups is 1. The summed E-state index contributed by atoms with van der Waals surface area (Å²) in [6.07, 6.45) is -0.307. The molecule has 18 heavy (non-hydrogen) atoms. The van der Waals surface area contributed by atoms with Crippen LogP contribution in [-0.4, -0.2) is 29.3 Å². The van der Waals surface area contributed by atoms with Crippen LogP contribution in [0.15, 0.2) is 24.3 Å². The summed E-state index contributed by atoms with van der Waals surface area (Å²) in [5.41, 5.74) is 1.89. The van der Waals surface area contributed by atoms with Crippen LogP contribution in [-0.2, 0) is 4.79 Å². The van der Waals surface area contributed by atoms with Gasteiger partial charge >= 0.3 is 5.97 Å². The molecule has 1 aromatic carbocycles. The first kappa shape index (κ1) is 13.0. The highest BCUT2D eigenvalue weighted by molar-refractivity contribution is 5.66. The molecule has 1 unspecified atom stereocenters. The SMILES string of the molecule is O=C(O)CCC(O)c1ccc(C2NCCN2)cc1. The van der Waals surface area contributed by atoms with Gasteiger partial charge in [-0.1, -0.05) is 24.3 Å². The minimum absolute atomic E-state index is 0.0192. The maximum atomic E-state index is 10.4. The van der Waals surface area contributed by atoms with Crippen LogP contribution in [0.5, 0.6) is 0 Å². The summed E-state index contributed by atoms with van der Waals surface area (Å²) in [4.78, 5) is 10.4. The molecular weight excluding hydrogens is 232 g/mol. The van der Waals surface area contributed by atoms with Crippen LogP contribution in [0, 0.1) is 0 Å². The third-order valence-electron chi connectivity index (χ3n) is 3.11. The number of nitrogens with one attached hydrogen (secondary N) is 2. The normalized spacial score (nSPS) is 17.8. The van der Waals surface area contributed by atoms with Crippen LogP contribution in [0.25, 0.3) is 0 Å². The van der Waals surface area contributed by atoms with E-state index in [1.165, 1.54) is 0 Å². The van der Waals surface area contributed by atoms with Gasteiger partial charge in [-0.15, -0.1) is 0 Å². The standard InChI is InChI=1S/C13H18N2O3/c16-11(5-6-12(17)18)9-1-3-10(4-2-9)13-14-7-8-15-13/h1-4,11,13-16H,5-8H2,(H,17,18). The fourth-order valence-electron chi connectivity index (χ4n) is 2.08. The van der Waals surface area contributed by atoms with Gasteiger partial charge in [0.15, 0.2) is 0 Å². The molecular formula is C13H18N2O3. The number of carboxylic acid groups (broad SMARTS) is 1. The third kappa shape index (κ3) is 3.29. The second kappa shape index (κ2) is 5.95. The lowest BCUT2D eigenvalue weighted by molar-refractivity contribution is -0.137. The third-order valence-corrected chi connectivity index (χ3v) is 3.11. The van der Waals surface area contributed by atoms with E-state index in [0.29, 0.717) is 0 Å². The van der Waals surface area contributed by atoms with Gasteiger partial charge in [-0.3, -0.25) is 15.4 Å². The average Bonchev–Trinajstić information content (AvgIpc) is 2.90. The van der Waals surface area contributed by atoms with Crippen molar-refractivity contribution in [2.24, 2.45) is 0 Å². The van der Waals surface area contributed by atoms with Crippen LogP contribution >= 0.6 is 0 Å². The first-order valence-electron chi connectivity index (χ1n) is 6.13. The Labute approximate surface area is 106 Å². The van der Waals surface area contributed by atoms with Crippen molar-refractivity contribution < 1.29 is 15.0 Å². The van der Waals surface area contributed by atoms with Gasteiger partial charge in [0.05, 0.1) is 12.3 Å². The van der Waals surface area contributed by atoms with Crippen LogP contribution < -0.4 is 10.6 Å². The Kier molecular flexibility index (Phi) is 4.30. The molecule has 5 heteroatoms. The zero-order valence-corrected chi connectivity index (χ0v) is 10.1. The van der Waals surface area contributed by atoms with Gasteiger partial charge in [0, 0.05) is 19.5 Å². The van der Waals surface area contributed by atoms with E-state index >= 15 is 0 Å². The molecule has 98 valence electrons. The maximum absolute atomic E-state index is 10.4. The fraction of sp³-hybridized carbons (Fsp3) is 0.462. The quantitative estimate of drug-likeness (QED) is 0.621. The molecule has 4 N–H and O–H groups in total. The summed E-state index contributed by atoms with van der Waals surface area (Å²) in [7, 11) is 0. The monoisotopic (exact) mass is 250 g/mol. The van der Waals surface area contributed by atoms with Crippen LogP contribution in [0.2, 0.25) is 0 Å². The summed E-state index contributed by atoms with van der Waals surface area (Å²) in [6.45, 7) is 1.90. The van der Waals surface area contributed by atoms with E-state index in [1.54, 1.807) is 0 Å². The molecule has 0 saturated carbocycles. The van der Waals surface area contributed by atoms with Crippen molar-refractivity contribution in [1.82, 2.24) is 10.6 Å². The highest BCUT2D eigenvalue weighted by Crippen LogP contribution is 2.21. The zero-order valence-electron chi connectivity index (χ0n) is 10.1. The summed E-state index contributed by atoms with van der Waals surface area (Å²) in [5, 5.41) is 25.0. The molecule has 0 aliphatic carbocycles. The molecule has 0 bridgehead atoms. The lowest BCUT2D eigenvalue weighted by Gasteiger charge is -2.14. The van der Waals surface area contributed by atoms with Crippen molar-refractivity contribution in [3.05, 3.63) is 35.4 Å². The Morgan fingerprint density at radius 1 is 1.28 bits per heavy atom. The summed E-state index contributed by atoms with van der Waals surface area (Å²) in [6, 6.07) is 7.61. The molecule has 1 atom stereocenters. The maximum Gasteiger partial charge on any atom is 0.303 e. The lowest BCUT2D eigenvalue weighted by atomic mass is 10.0. The largest absolute Gasteiger partial charge is 0.481 e. The molecule has 2 rings (SSSR count). The smallest absolute Gasteiger partial charge is 0.303 e. The number of hydrogen-bond donors (Lipinski definition) is 4. The predicted octanol–water partition coefficient (Wildman–Crippen LogP) is 0.776. The number of carboxylic acids is 1. The second-order valence-corrected chi connectivity index (χ2v) is 4.46. The highest BCUT2D eigenvalue weighted by atomic mass is 16.4. The van der Waals surface area contributed by atoms with Crippen LogP contribution in [0.3, 0.4) is 0 Å². The van der Waals surface area contributed by atoms with Crippen molar-refractivity contribution in [2.45, 2.75) is 25.1 Å². The molecule has 5 nitrogen and oxygen atoms in total. The van der Waals surface area contributed by atoms with Gasteiger partial charge in [-0.05, 0) is 17.5 Å². The summed E-state index contributed by atoms with van der Waals surface area (Å²) >= 11 is 0. The Morgan fingerprint density at radius 2 is 1.89 bits per heavy atom. The van der Waals surface area contributed by atoms with Crippen molar-refractivity contribution in [2.75, 3.05) is 13.1 Å². The van der Waals surface area contributed by atoms with E-state index < -0.39 is 12.1 Å². The molecule has 0 spiro atoms. The van der Waals surface area contributed by atoms with Gasteiger partial charge in [0.2, 0.25) is 0 Å². The molecule has 1 saturated heterocycles. The summed E-state index contributed by atoms with van der Waals surface area (Å²) < 4.78 is 0. The van der Waals surface area contributed by atoms with E-state index in [9.17, 15) is 9.90 Å². The summed E-state index contributed by atoms with van der Waals surface area (Å²) in [5.74, 6) is -0.884. The molecule has 1 aliphatic rings. The molecule has 1 heterocycles. The minimum Gasteiger partial charge on any atom is -0.481 e. The predicted molar refractivity (Wildman–Crippen MR) is 67.0 cm³/mol. The fourth-order valence-corrected chi connectivity index (χ4v) is 2.08. The minimum atomic E-state index is -0.884. The Balaban J connectivity index is 1.95. The van der Waals surface area contributed by atoms with Gasteiger partial charge in [0.25, 0.3) is 0 Å². The molecule has 0 amide bonds. The average molecular weight is 250 g/mol. The van der Waals surface area contributed by atoms with E-state index in [-0.39, 0.29) is 19.0 Å². The van der Waals surface area contributed by atoms with Crippen LogP contribution in [0.4, 0.5) is 0 Å². The second-order valence-electron chi connectivity index (χ2n) is 4.46. The number of benzene rings is 1. The molecule has 1 fully saturated rings. The number of aliphatic carboxylic acids is 1. The molecule has 1 aliphatic heterocycles. The molecule has 0 radical (unpaired) electrons. The Hall–Kier alpha value is -1.43. The van der Waals surface area contributed by atoms with Gasteiger partial charge in [0.1, 0.15) is 0 Å². The number of rotatable bonds is 5. The van der Waals surface area contributed by atoms with E-state index in [2.05, 4.69) is 10.6 Å². The Morgan fingerprint density at radius 3 is 2.44 bits per heavy atom. The van der Waals surface area contributed by atoms with Gasteiger partial charge in [-0.2, -0.15) is 0 Å². The highest BCUT2D eigenvalue weighted by Gasteiger charge is 2.15. The van der Waals surface area contributed by atoms with E-state index in [4.69, 9.17) is 5.11 Å². The van der Waals surface area contributed by atoms with Crippen molar-refractivity contribution >= 4 is 5.97 Å². The van der Waals surface area contributed by atoms with Gasteiger partial charge in [-0.25, -0.2) is 0 Å². The number of hydrogen-bond acceptors (Lipinski definition) is 4. The van der Waals surface area contributed by atoms with E-state index in [0.717, 1.165) is 24.2 Å². The van der Waals surface area contributed by atoms with Gasteiger partial charge < -0.3 is 10.2 Å². The topological polar surface area (TPSA) is 81.6 Å². The lowest BCUT2D eigenvalue weighted by Crippen LogP contribution is -2.21. The molecule has 1 aromatic rings. The number of carbonyl (C=O) groups is 1.